The van der Waals surface area contributed by atoms with Crippen molar-refractivity contribution in [3.05, 3.63) is 27.9 Å². The minimum absolute atomic E-state index is 0.195. The maximum Gasteiger partial charge on any atom is 0.337 e. The van der Waals surface area contributed by atoms with Crippen molar-refractivity contribution < 1.29 is 14.3 Å². The summed E-state index contributed by atoms with van der Waals surface area (Å²) in [5, 5.41) is 6.04. The van der Waals surface area contributed by atoms with E-state index in [1.54, 1.807) is 6.20 Å². The van der Waals surface area contributed by atoms with Crippen LogP contribution in [0.15, 0.2) is 27.8 Å². The van der Waals surface area contributed by atoms with Gasteiger partial charge < -0.3 is 14.8 Å². The van der Waals surface area contributed by atoms with Crippen LogP contribution in [0.1, 0.15) is 18.9 Å². The zero-order valence-electron chi connectivity index (χ0n) is 13.9. The Morgan fingerprint density at radius 3 is 3.17 bits per heavy atom. The van der Waals surface area contributed by atoms with E-state index in [2.05, 4.69) is 27.1 Å². The minimum atomic E-state index is -0.303. The van der Waals surface area contributed by atoms with Gasteiger partial charge in [-0.1, -0.05) is 0 Å². The number of aliphatic imine (C=N–C) groups is 1. The maximum absolute atomic E-state index is 12.3. The number of esters is 1. The third-order valence-electron chi connectivity index (χ3n) is 3.89. The fourth-order valence-corrected chi connectivity index (χ4v) is 3.37. The Balaban J connectivity index is 1.78. The monoisotopic (exact) mass is 350 g/mol. The lowest BCUT2D eigenvalue weighted by Crippen LogP contribution is -2.45. The molecular weight excluding hydrogens is 328 g/mol. The van der Waals surface area contributed by atoms with Gasteiger partial charge in [0.05, 0.1) is 31.4 Å². The van der Waals surface area contributed by atoms with Crippen LogP contribution >= 0.6 is 11.3 Å². The lowest BCUT2D eigenvalue weighted by Gasteiger charge is -2.33. The van der Waals surface area contributed by atoms with E-state index in [0.717, 1.165) is 23.8 Å². The van der Waals surface area contributed by atoms with E-state index < -0.39 is 0 Å². The second kappa shape index (κ2) is 7.87. The third-order valence-corrected chi connectivity index (χ3v) is 4.67. The van der Waals surface area contributed by atoms with E-state index in [1.165, 1.54) is 11.3 Å². The van der Waals surface area contributed by atoms with Crippen molar-refractivity contribution >= 4 is 23.1 Å². The topological polar surface area (TPSA) is 76.0 Å². The van der Waals surface area contributed by atoms with Crippen LogP contribution in [0.3, 0.4) is 0 Å². The summed E-state index contributed by atoms with van der Waals surface area (Å²) >= 11 is 1.52. The van der Waals surface area contributed by atoms with Crippen LogP contribution in [0.4, 0.5) is 0 Å². The number of rotatable bonds is 5. The molecule has 0 amide bonds. The highest BCUT2D eigenvalue weighted by atomic mass is 32.1. The van der Waals surface area contributed by atoms with Gasteiger partial charge in [0.15, 0.2) is 10.8 Å². The summed E-state index contributed by atoms with van der Waals surface area (Å²) in [5.41, 5.74) is 1.44. The number of carbonyl (C=O) groups excluding carboxylic acids is 1. The third kappa shape index (κ3) is 4.00. The van der Waals surface area contributed by atoms with Crippen LogP contribution in [0, 0.1) is 0 Å². The van der Waals surface area contributed by atoms with Gasteiger partial charge in [-0.15, -0.1) is 11.3 Å². The van der Waals surface area contributed by atoms with Crippen LogP contribution in [0.25, 0.3) is 0 Å². The summed E-state index contributed by atoms with van der Waals surface area (Å²) in [6, 6.07) is 0. The Bertz CT molecular complexity index is 642. The van der Waals surface area contributed by atoms with Gasteiger partial charge in [-0.05, 0) is 13.8 Å². The molecule has 0 aliphatic carbocycles. The molecule has 130 valence electrons. The van der Waals surface area contributed by atoms with E-state index >= 15 is 0 Å². The molecular formula is C16H22N4O3S. The lowest BCUT2D eigenvalue weighted by atomic mass is 10.1. The van der Waals surface area contributed by atoms with Crippen molar-refractivity contribution in [3.63, 3.8) is 0 Å². The summed E-state index contributed by atoms with van der Waals surface area (Å²) in [4.78, 5) is 23.3. The summed E-state index contributed by atoms with van der Waals surface area (Å²) in [5.74, 6) is 0.414. The molecule has 0 bridgehead atoms. The largest absolute Gasteiger partial charge is 0.463 e. The highest BCUT2D eigenvalue weighted by molar-refractivity contribution is 7.11. The van der Waals surface area contributed by atoms with Gasteiger partial charge in [0.25, 0.3) is 0 Å². The Morgan fingerprint density at radius 2 is 2.46 bits per heavy atom. The van der Waals surface area contributed by atoms with Gasteiger partial charge in [0, 0.05) is 36.9 Å². The van der Waals surface area contributed by atoms with Crippen molar-refractivity contribution in [1.29, 1.82) is 0 Å². The first-order chi connectivity index (χ1) is 11.7. The number of carbonyl (C=O) groups is 1. The number of morpholine rings is 1. The molecule has 1 aromatic heterocycles. The molecule has 24 heavy (non-hydrogen) atoms. The highest BCUT2D eigenvalue weighted by Gasteiger charge is 2.26. The molecule has 3 heterocycles. The van der Waals surface area contributed by atoms with Crippen molar-refractivity contribution in [1.82, 2.24) is 15.2 Å². The summed E-state index contributed by atoms with van der Waals surface area (Å²) in [7, 11) is 0. The molecule has 1 unspecified atom stereocenters. The smallest absolute Gasteiger partial charge is 0.337 e. The first-order valence-corrected chi connectivity index (χ1v) is 8.99. The molecule has 0 saturated carbocycles. The van der Waals surface area contributed by atoms with Crippen LogP contribution in [-0.4, -0.2) is 67.2 Å². The summed E-state index contributed by atoms with van der Waals surface area (Å²) < 4.78 is 10.8. The lowest BCUT2D eigenvalue weighted by molar-refractivity contribution is -0.138. The van der Waals surface area contributed by atoms with Crippen LogP contribution in [-0.2, 0) is 14.3 Å². The second-order valence-electron chi connectivity index (χ2n) is 5.72. The van der Waals surface area contributed by atoms with E-state index in [0.29, 0.717) is 37.7 Å². The number of aromatic nitrogens is 1. The molecule has 1 N–H and O–H groups in total. The average molecular weight is 350 g/mol. The molecule has 1 atom stereocenters. The Kier molecular flexibility index (Phi) is 5.60. The molecule has 0 aromatic carbocycles. The quantitative estimate of drug-likeness (QED) is 0.800. The Labute approximate surface area is 145 Å². The number of nitrogens with one attached hydrogen (secondary N) is 1. The highest BCUT2D eigenvalue weighted by Crippen LogP contribution is 2.17. The number of amidine groups is 1. The van der Waals surface area contributed by atoms with Crippen molar-refractivity contribution in [3.8, 4) is 0 Å². The predicted octanol–water partition coefficient (Wildman–Crippen LogP) is 1.03. The van der Waals surface area contributed by atoms with Crippen molar-refractivity contribution in [2.24, 2.45) is 4.99 Å². The minimum Gasteiger partial charge on any atom is -0.463 e. The molecule has 2 aliphatic rings. The SMILES string of the molecule is CCOC(=O)C1=C(CN2CCOC(C)C2)NC(c2nccs2)=NC1. The number of hydrogen-bond acceptors (Lipinski definition) is 8. The van der Waals surface area contributed by atoms with E-state index in [9.17, 15) is 4.79 Å². The van der Waals surface area contributed by atoms with Gasteiger partial charge >= 0.3 is 5.97 Å². The standard InChI is InChI=1S/C16H22N4O3S/c1-3-22-16(21)12-8-18-14(15-17-4-7-24-15)19-13(12)10-20-5-6-23-11(2)9-20/h4,7,11H,3,5-6,8-10H2,1-2H3,(H,18,19). The van der Waals surface area contributed by atoms with E-state index in [-0.39, 0.29) is 12.1 Å². The van der Waals surface area contributed by atoms with Crippen LogP contribution in [0.5, 0.6) is 0 Å². The van der Waals surface area contributed by atoms with Gasteiger partial charge in [0.2, 0.25) is 0 Å². The fourth-order valence-electron chi connectivity index (χ4n) is 2.77. The maximum atomic E-state index is 12.3. The first kappa shape index (κ1) is 17.1. The van der Waals surface area contributed by atoms with Gasteiger partial charge in [-0.2, -0.15) is 0 Å². The van der Waals surface area contributed by atoms with E-state index in [1.807, 2.05) is 12.3 Å². The number of thiazole rings is 1. The zero-order valence-corrected chi connectivity index (χ0v) is 14.8. The van der Waals surface area contributed by atoms with Gasteiger partial charge in [-0.3, -0.25) is 9.89 Å². The van der Waals surface area contributed by atoms with Gasteiger partial charge in [-0.25, -0.2) is 9.78 Å². The number of ether oxygens (including phenoxy) is 2. The summed E-state index contributed by atoms with van der Waals surface area (Å²) in [6.45, 7) is 7.57. The fraction of sp³-hybridized carbons (Fsp3) is 0.562. The van der Waals surface area contributed by atoms with Crippen molar-refractivity contribution in [2.45, 2.75) is 20.0 Å². The number of nitrogens with zero attached hydrogens (tertiary/aromatic N) is 3. The molecule has 3 rings (SSSR count). The second-order valence-corrected chi connectivity index (χ2v) is 6.62. The molecule has 1 aromatic rings. The number of hydrogen-bond donors (Lipinski definition) is 1. The molecule has 1 fully saturated rings. The van der Waals surface area contributed by atoms with E-state index in [4.69, 9.17) is 9.47 Å². The molecule has 1 saturated heterocycles. The zero-order chi connectivity index (χ0) is 16.9. The first-order valence-electron chi connectivity index (χ1n) is 8.11. The molecule has 0 spiro atoms. The molecule has 0 radical (unpaired) electrons. The van der Waals surface area contributed by atoms with Crippen molar-refractivity contribution in [2.75, 3.05) is 39.4 Å². The summed E-state index contributed by atoms with van der Waals surface area (Å²) in [6.07, 6.45) is 1.94. The predicted molar refractivity (Wildman–Crippen MR) is 92.2 cm³/mol. The Hall–Kier alpha value is -1.77. The Morgan fingerprint density at radius 1 is 1.58 bits per heavy atom. The molecule has 8 heteroatoms. The van der Waals surface area contributed by atoms with Crippen LogP contribution < -0.4 is 5.32 Å². The van der Waals surface area contributed by atoms with Crippen LogP contribution in [0.2, 0.25) is 0 Å². The molecule has 7 nitrogen and oxygen atoms in total. The van der Waals surface area contributed by atoms with Gasteiger partial charge in [0.1, 0.15) is 0 Å². The molecule has 2 aliphatic heterocycles. The average Bonchev–Trinajstić information content (AvgIpc) is 3.09. The normalized spacial score (nSPS) is 22.1.